The molecule has 0 radical (unpaired) electrons. The van der Waals surface area contributed by atoms with Crippen molar-refractivity contribution < 1.29 is 14.3 Å². The van der Waals surface area contributed by atoms with Crippen molar-refractivity contribution in [1.29, 1.82) is 5.26 Å². The van der Waals surface area contributed by atoms with Gasteiger partial charge in [-0.15, -0.1) is 0 Å². The van der Waals surface area contributed by atoms with Crippen molar-refractivity contribution in [3.8, 4) is 6.07 Å². The quantitative estimate of drug-likeness (QED) is 0.688. The van der Waals surface area contributed by atoms with E-state index in [1.165, 1.54) is 6.20 Å². The Balaban J connectivity index is 1.86. The summed E-state index contributed by atoms with van der Waals surface area (Å²) in [6.45, 7) is 1.00. The van der Waals surface area contributed by atoms with Crippen LogP contribution < -0.4 is 0 Å². The zero-order valence-corrected chi connectivity index (χ0v) is 13.3. The monoisotopic (exact) mass is 330 g/mol. The Bertz CT molecular complexity index is 1000. The Hall–Kier alpha value is -3.07. The average Bonchev–Trinajstić information content (AvgIpc) is 3.21. The number of fused-ring (bicyclic) bond motifs is 1. The van der Waals surface area contributed by atoms with Crippen LogP contribution in [-0.4, -0.2) is 24.0 Å². The topological polar surface area (TPSA) is 72.2 Å². The molecule has 0 unspecified atom stereocenters. The second-order valence-corrected chi connectivity index (χ2v) is 5.68. The highest BCUT2D eigenvalue weighted by atomic mass is 16.7. The Morgan fingerprint density at radius 2 is 1.80 bits per heavy atom. The summed E-state index contributed by atoms with van der Waals surface area (Å²) in [5.41, 5.74) is 2.19. The van der Waals surface area contributed by atoms with Gasteiger partial charge in [-0.3, -0.25) is 9.78 Å². The molecule has 0 amide bonds. The molecule has 0 spiro atoms. The van der Waals surface area contributed by atoms with E-state index in [4.69, 9.17) is 9.47 Å². The smallest absolute Gasteiger partial charge is 0.195 e. The number of hydrogen-bond acceptors (Lipinski definition) is 5. The molecule has 1 aliphatic heterocycles. The van der Waals surface area contributed by atoms with Crippen LogP contribution in [0.3, 0.4) is 0 Å². The van der Waals surface area contributed by atoms with Gasteiger partial charge >= 0.3 is 0 Å². The third-order valence-corrected chi connectivity index (χ3v) is 4.26. The Labute approximate surface area is 144 Å². The van der Waals surface area contributed by atoms with E-state index in [9.17, 15) is 10.1 Å². The van der Waals surface area contributed by atoms with Crippen LogP contribution in [-0.2, 0) is 9.47 Å². The average molecular weight is 330 g/mol. The fourth-order valence-corrected chi connectivity index (χ4v) is 3.08. The van der Waals surface area contributed by atoms with Crippen molar-refractivity contribution in [3.05, 3.63) is 77.1 Å². The lowest BCUT2D eigenvalue weighted by Gasteiger charge is -2.14. The van der Waals surface area contributed by atoms with Crippen LogP contribution in [0.25, 0.3) is 10.8 Å². The number of pyridine rings is 1. The molecule has 0 N–H and O–H groups in total. The van der Waals surface area contributed by atoms with E-state index in [2.05, 4.69) is 11.1 Å². The number of ether oxygens (including phenoxy) is 2. The van der Waals surface area contributed by atoms with Crippen LogP contribution >= 0.6 is 0 Å². The van der Waals surface area contributed by atoms with Gasteiger partial charge < -0.3 is 9.47 Å². The maximum absolute atomic E-state index is 13.2. The van der Waals surface area contributed by atoms with E-state index < -0.39 is 6.29 Å². The van der Waals surface area contributed by atoms with Crippen molar-refractivity contribution in [2.24, 2.45) is 0 Å². The Morgan fingerprint density at radius 1 is 1.04 bits per heavy atom. The Kier molecular flexibility index (Phi) is 3.98. The van der Waals surface area contributed by atoms with Gasteiger partial charge in [-0.05, 0) is 23.6 Å². The van der Waals surface area contributed by atoms with Crippen molar-refractivity contribution in [2.75, 3.05) is 13.2 Å². The standard InChI is InChI=1S/C20H14N2O3/c21-11-13-5-6-16(15-4-2-1-3-14(13)15)19(23)18-12-22-8-7-17(18)20-24-9-10-25-20/h1-8,12,20H,9-10H2. The number of hydrogen-bond donors (Lipinski definition) is 0. The van der Waals surface area contributed by atoms with Crippen LogP contribution in [0.1, 0.15) is 33.3 Å². The summed E-state index contributed by atoms with van der Waals surface area (Å²) >= 11 is 0. The first kappa shape index (κ1) is 15.5. The fourth-order valence-electron chi connectivity index (χ4n) is 3.08. The molecule has 1 aromatic heterocycles. The molecule has 0 atom stereocenters. The molecule has 0 aliphatic carbocycles. The molecule has 4 rings (SSSR count). The molecular formula is C20H14N2O3. The van der Waals surface area contributed by atoms with Gasteiger partial charge in [-0.2, -0.15) is 5.26 Å². The number of nitrogens with zero attached hydrogens (tertiary/aromatic N) is 2. The number of benzene rings is 2. The summed E-state index contributed by atoms with van der Waals surface area (Å²) in [6, 6.07) is 14.7. The van der Waals surface area contributed by atoms with Crippen molar-refractivity contribution >= 4 is 16.6 Å². The molecular weight excluding hydrogens is 316 g/mol. The minimum atomic E-state index is -0.549. The third kappa shape index (κ3) is 2.68. The molecule has 3 aromatic rings. The number of ketones is 1. The molecule has 2 aromatic carbocycles. The van der Waals surface area contributed by atoms with Crippen LogP contribution in [0.2, 0.25) is 0 Å². The van der Waals surface area contributed by atoms with Gasteiger partial charge in [0.2, 0.25) is 0 Å². The maximum Gasteiger partial charge on any atom is 0.195 e. The predicted molar refractivity (Wildman–Crippen MR) is 91.0 cm³/mol. The number of carbonyl (C=O) groups excluding carboxylic acids is 1. The maximum atomic E-state index is 13.2. The van der Waals surface area contributed by atoms with Crippen LogP contribution in [0.5, 0.6) is 0 Å². The first-order valence-corrected chi connectivity index (χ1v) is 7.93. The minimum absolute atomic E-state index is 0.164. The van der Waals surface area contributed by atoms with E-state index in [0.717, 1.165) is 10.8 Å². The fraction of sp³-hybridized carbons (Fsp3) is 0.150. The summed E-state index contributed by atoms with van der Waals surface area (Å²) in [6.07, 6.45) is 2.61. The molecule has 2 heterocycles. The molecule has 0 saturated carbocycles. The molecule has 0 bridgehead atoms. The number of carbonyl (C=O) groups is 1. The van der Waals surface area contributed by atoms with Crippen molar-refractivity contribution in [2.45, 2.75) is 6.29 Å². The van der Waals surface area contributed by atoms with Crippen LogP contribution in [0.15, 0.2) is 54.9 Å². The first-order chi connectivity index (χ1) is 12.3. The lowest BCUT2D eigenvalue weighted by molar-refractivity contribution is -0.0445. The highest BCUT2D eigenvalue weighted by Gasteiger charge is 2.25. The lowest BCUT2D eigenvalue weighted by Crippen LogP contribution is -2.11. The zero-order valence-electron chi connectivity index (χ0n) is 13.3. The van der Waals surface area contributed by atoms with Gasteiger partial charge in [0.25, 0.3) is 0 Å². The number of aromatic nitrogens is 1. The van der Waals surface area contributed by atoms with Gasteiger partial charge in [0.1, 0.15) is 0 Å². The molecule has 1 fully saturated rings. The molecule has 5 nitrogen and oxygen atoms in total. The van der Waals surface area contributed by atoms with Crippen molar-refractivity contribution in [3.63, 3.8) is 0 Å². The first-order valence-electron chi connectivity index (χ1n) is 7.93. The minimum Gasteiger partial charge on any atom is -0.346 e. The summed E-state index contributed by atoms with van der Waals surface area (Å²) in [5, 5.41) is 10.8. The number of nitriles is 1. The third-order valence-electron chi connectivity index (χ3n) is 4.26. The molecule has 1 saturated heterocycles. The molecule has 122 valence electrons. The van der Waals surface area contributed by atoms with Gasteiger partial charge in [-0.25, -0.2) is 0 Å². The van der Waals surface area contributed by atoms with E-state index >= 15 is 0 Å². The summed E-state index contributed by atoms with van der Waals surface area (Å²) in [5.74, 6) is -0.164. The molecule has 25 heavy (non-hydrogen) atoms. The van der Waals surface area contributed by atoms with Gasteiger partial charge in [0, 0.05) is 34.5 Å². The summed E-state index contributed by atoms with van der Waals surface area (Å²) < 4.78 is 11.1. The Morgan fingerprint density at radius 3 is 2.56 bits per heavy atom. The molecule has 5 heteroatoms. The highest BCUT2D eigenvalue weighted by Crippen LogP contribution is 2.30. The van der Waals surface area contributed by atoms with Crippen LogP contribution in [0.4, 0.5) is 0 Å². The van der Waals surface area contributed by atoms with E-state index in [1.807, 2.05) is 24.3 Å². The lowest BCUT2D eigenvalue weighted by atomic mass is 9.93. The van der Waals surface area contributed by atoms with Gasteiger partial charge in [0.05, 0.1) is 24.8 Å². The summed E-state index contributed by atoms with van der Waals surface area (Å²) in [7, 11) is 0. The largest absolute Gasteiger partial charge is 0.346 e. The van der Waals surface area contributed by atoms with Crippen molar-refractivity contribution in [1.82, 2.24) is 4.98 Å². The zero-order chi connectivity index (χ0) is 17.2. The predicted octanol–water partition coefficient (Wildman–Crippen LogP) is 3.38. The van der Waals surface area contributed by atoms with E-state index in [1.54, 1.807) is 24.4 Å². The van der Waals surface area contributed by atoms with Gasteiger partial charge in [-0.1, -0.05) is 24.3 Å². The second-order valence-electron chi connectivity index (χ2n) is 5.68. The summed E-state index contributed by atoms with van der Waals surface area (Å²) in [4.78, 5) is 17.3. The number of rotatable bonds is 3. The highest BCUT2D eigenvalue weighted by molar-refractivity contribution is 6.17. The van der Waals surface area contributed by atoms with E-state index in [0.29, 0.717) is 35.5 Å². The van der Waals surface area contributed by atoms with E-state index in [-0.39, 0.29) is 5.78 Å². The normalized spacial score (nSPS) is 14.5. The van der Waals surface area contributed by atoms with Gasteiger partial charge in [0.15, 0.2) is 12.1 Å². The second kappa shape index (κ2) is 6.44. The SMILES string of the molecule is N#Cc1ccc(C(=O)c2cnccc2C2OCCO2)c2ccccc12. The molecule has 1 aliphatic rings. The van der Waals surface area contributed by atoms with Crippen LogP contribution in [0, 0.1) is 11.3 Å².